The van der Waals surface area contributed by atoms with E-state index in [1.165, 1.54) is 19.3 Å². The summed E-state index contributed by atoms with van der Waals surface area (Å²) in [6.45, 7) is 2.25. The number of likely N-dealkylation sites (tertiary alicyclic amines) is 2. The van der Waals surface area contributed by atoms with Gasteiger partial charge in [0.25, 0.3) is 0 Å². The van der Waals surface area contributed by atoms with Gasteiger partial charge in [-0.25, -0.2) is 0 Å². The second-order valence-electron chi connectivity index (χ2n) is 7.92. The van der Waals surface area contributed by atoms with E-state index in [4.69, 9.17) is 5.73 Å². The molecule has 1 radical (unpaired) electrons. The van der Waals surface area contributed by atoms with E-state index in [-0.39, 0.29) is 36.6 Å². The summed E-state index contributed by atoms with van der Waals surface area (Å²) in [5.74, 6) is -0.672. The molecular weight excluding hydrogens is 334 g/mol. The highest BCUT2D eigenvalue weighted by atomic mass is 16.2. The van der Waals surface area contributed by atoms with Crippen LogP contribution in [0.5, 0.6) is 0 Å². The van der Waals surface area contributed by atoms with Crippen LogP contribution in [0, 0.1) is 18.3 Å². The Morgan fingerprint density at radius 1 is 1.19 bits per heavy atom. The molecule has 1 saturated carbocycles. The van der Waals surface area contributed by atoms with Crippen molar-refractivity contribution in [2.75, 3.05) is 13.1 Å². The van der Waals surface area contributed by atoms with Gasteiger partial charge in [0, 0.05) is 18.9 Å². The van der Waals surface area contributed by atoms with Crippen LogP contribution in [-0.4, -0.2) is 58.5 Å². The van der Waals surface area contributed by atoms with Crippen molar-refractivity contribution in [1.82, 2.24) is 9.80 Å². The largest absolute Gasteiger partial charge is 0.369 e. The molecule has 3 aliphatic rings. The van der Waals surface area contributed by atoms with Gasteiger partial charge in [0.15, 0.2) is 5.78 Å². The maximum atomic E-state index is 12.7. The Morgan fingerprint density at radius 2 is 1.88 bits per heavy atom. The fourth-order valence-corrected chi connectivity index (χ4v) is 4.48. The van der Waals surface area contributed by atoms with E-state index in [9.17, 15) is 19.2 Å². The number of hydrogen-bond acceptors (Lipinski definition) is 4. The Labute approximate surface area is 154 Å². The molecule has 2 aliphatic heterocycles. The summed E-state index contributed by atoms with van der Waals surface area (Å²) in [4.78, 5) is 52.0. The van der Waals surface area contributed by atoms with Gasteiger partial charge in [0.05, 0.1) is 19.0 Å². The van der Waals surface area contributed by atoms with Gasteiger partial charge in [-0.15, -0.1) is 0 Å². The number of primary amides is 1. The van der Waals surface area contributed by atoms with Gasteiger partial charge < -0.3 is 15.5 Å². The minimum absolute atomic E-state index is 0.0541. The van der Waals surface area contributed by atoms with Crippen LogP contribution in [0.25, 0.3) is 0 Å². The monoisotopic (exact) mass is 362 g/mol. The maximum Gasteiger partial charge on any atom is 0.227 e. The van der Waals surface area contributed by atoms with Gasteiger partial charge in [-0.2, -0.15) is 0 Å². The summed E-state index contributed by atoms with van der Waals surface area (Å²) >= 11 is 0. The number of fused-ring (bicyclic) bond motifs is 1. The van der Waals surface area contributed by atoms with E-state index >= 15 is 0 Å². The lowest BCUT2D eigenvalue weighted by Gasteiger charge is -2.25. The Hall–Kier alpha value is -1.92. The van der Waals surface area contributed by atoms with E-state index in [1.54, 1.807) is 16.7 Å². The number of Topliss-reactive ketones (excluding diaryl/α,β-unsaturated/α-hetero) is 1. The third-order valence-electron chi connectivity index (χ3n) is 6.10. The van der Waals surface area contributed by atoms with Crippen LogP contribution in [0.4, 0.5) is 0 Å². The summed E-state index contributed by atoms with van der Waals surface area (Å²) in [7, 11) is 0. The van der Waals surface area contributed by atoms with Crippen LogP contribution in [0.15, 0.2) is 0 Å². The lowest BCUT2D eigenvalue weighted by molar-refractivity contribution is -0.134. The van der Waals surface area contributed by atoms with Crippen molar-refractivity contribution in [3.05, 3.63) is 6.42 Å². The van der Waals surface area contributed by atoms with Crippen LogP contribution < -0.4 is 5.73 Å². The molecule has 1 aliphatic carbocycles. The second kappa shape index (κ2) is 7.76. The lowest BCUT2D eigenvalue weighted by Crippen LogP contribution is -2.44. The zero-order valence-corrected chi connectivity index (χ0v) is 15.4. The molecule has 3 unspecified atom stereocenters. The van der Waals surface area contributed by atoms with Crippen LogP contribution in [0.3, 0.4) is 0 Å². The summed E-state index contributed by atoms with van der Waals surface area (Å²) in [6.07, 6.45) is 7.42. The number of carbonyl (C=O) groups is 4. The topological polar surface area (TPSA) is 101 Å². The van der Waals surface area contributed by atoms with Crippen molar-refractivity contribution >= 4 is 23.5 Å². The first-order chi connectivity index (χ1) is 12.4. The minimum atomic E-state index is -0.532. The van der Waals surface area contributed by atoms with Crippen molar-refractivity contribution < 1.29 is 19.2 Å². The molecule has 143 valence electrons. The molecule has 0 spiro atoms. The number of carbonyl (C=O) groups excluding carboxylic acids is 4. The fourth-order valence-electron chi connectivity index (χ4n) is 4.48. The van der Waals surface area contributed by atoms with E-state index in [0.717, 1.165) is 12.8 Å². The standard InChI is InChI=1S/C19H28N3O4/c1-12(19(20)26)6-7-16(24)21-9-8-14-18(21)15(23)11-22(14)17(25)10-13-4-2-3-5-13/h7,12-14,18H,2-6,8-11H2,1H3,(H2,20,26). The zero-order valence-electron chi connectivity index (χ0n) is 15.4. The molecule has 2 heterocycles. The highest BCUT2D eigenvalue weighted by Crippen LogP contribution is 2.33. The van der Waals surface area contributed by atoms with Crippen molar-refractivity contribution in [2.45, 2.75) is 64.0 Å². The Bertz CT molecular complexity index is 600. The van der Waals surface area contributed by atoms with Gasteiger partial charge in [-0.05, 0) is 31.6 Å². The number of ketones is 1. The summed E-state index contributed by atoms with van der Waals surface area (Å²) in [6, 6.07) is -0.725. The molecule has 7 nitrogen and oxygen atoms in total. The van der Waals surface area contributed by atoms with Crippen LogP contribution in [-0.2, 0) is 19.2 Å². The first-order valence-electron chi connectivity index (χ1n) is 9.63. The maximum absolute atomic E-state index is 12.7. The van der Waals surface area contributed by atoms with Crippen LogP contribution >= 0.6 is 0 Å². The van der Waals surface area contributed by atoms with Crippen molar-refractivity contribution in [3.8, 4) is 0 Å². The van der Waals surface area contributed by atoms with Crippen molar-refractivity contribution in [3.63, 3.8) is 0 Å². The van der Waals surface area contributed by atoms with E-state index in [0.29, 0.717) is 25.3 Å². The van der Waals surface area contributed by atoms with Crippen LogP contribution in [0.1, 0.15) is 51.9 Å². The SMILES string of the molecule is CC(C[CH]C(=O)N1CCC2C1C(=O)CN2C(=O)CC1CCCC1)C(N)=O. The highest BCUT2D eigenvalue weighted by Gasteiger charge is 2.51. The summed E-state index contributed by atoms with van der Waals surface area (Å²) in [5, 5.41) is 0. The van der Waals surface area contributed by atoms with E-state index in [1.807, 2.05) is 0 Å². The quantitative estimate of drug-likeness (QED) is 0.750. The number of rotatable bonds is 6. The zero-order chi connectivity index (χ0) is 18.8. The van der Waals surface area contributed by atoms with Gasteiger partial charge in [0.2, 0.25) is 17.7 Å². The predicted molar refractivity (Wildman–Crippen MR) is 94.5 cm³/mol. The molecule has 7 heteroatoms. The summed E-state index contributed by atoms with van der Waals surface area (Å²) in [5.41, 5.74) is 5.22. The number of nitrogens with zero attached hydrogens (tertiary/aromatic N) is 2. The fraction of sp³-hybridized carbons (Fsp3) is 0.737. The first kappa shape index (κ1) is 18.9. The van der Waals surface area contributed by atoms with Crippen molar-refractivity contribution in [2.24, 2.45) is 17.6 Å². The molecule has 3 fully saturated rings. The third-order valence-corrected chi connectivity index (χ3v) is 6.10. The minimum Gasteiger partial charge on any atom is -0.369 e. The molecule has 0 aromatic heterocycles. The highest BCUT2D eigenvalue weighted by molar-refractivity contribution is 5.99. The van der Waals surface area contributed by atoms with Gasteiger partial charge in [0.1, 0.15) is 6.04 Å². The average Bonchev–Trinajstić information content (AvgIpc) is 3.31. The molecular formula is C19H28N3O4. The third kappa shape index (κ3) is 3.76. The van der Waals surface area contributed by atoms with Gasteiger partial charge >= 0.3 is 0 Å². The van der Waals surface area contributed by atoms with Gasteiger partial charge in [-0.3, -0.25) is 19.2 Å². The number of hydrogen-bond donors (Lipinski definition) is 1. The second-order valence-corrected chi connectivity index (χ2v) is 7.92. The molecule has 26 heavy (non-hydrogen) atoms. The summed E-state index contributed by atoms with van der Waals surface area (Å²) < 4.78 is 0. The first-order valence-corrected chi connectivity index (χ1v) is 9.63. The molecule has 0 bridgehead atoms. The number of amides is 3. The van der Waals surface area contributed by atoms with E-state index < -0.39 is 17.9 Å². The molecule has 3 rings (SSSR count). The smallest absolute Gasteiger partial charge is 0.227 e. The molecule has 3 atom stereocenters. The molecule has 2 N–H and O–H groups in total. The van der Waals surface area contributed by atoms with Crippen LogP contribution in [0.2, 0.25) is 0 Å². The molecule has 2 saturated heterocycles. The Balaban J connectivity index is 1.58. The van der Waals surface area contributed by atoms with Crippen molar-refractivity contribution in [1.29, 1.82) is 0 Å². The predicted octanol–water partition coefficient (Wildman–Crippen LogP) is 0.663. The molecule has 0 aromatic carbocycles. The Morgan fingerprint density at radius 3 is 2.54 bits per heavy atom. The molecule has 3 amide bonds. The average molecular weight is 362 g/mol. The normalized spacial score (nSPS) is 27.0. The van der Waals surface area contributed by atoms with Gasteiger partial charge in [-0.1, -0.05) is 19.8 Å². The Kier molecular flexibility index (Phi) is 5.63. The van der Waals surface area contributed by atoms with E-state index in [2.05, 4.69) is 0 Å². The lowest BCUT2D eigenvalue weighted by atomic mass is 10.0. The number of nitrogens with two attached hydrogens (primary N) is 1. The molecule has 0 aromatic rings.